The van der Waals surface area contributed by atoms with E-state index < -0.39 is 8.07 Å². The van der Waals surface area contributed by atoms with Gasteiger partial charge in [0, 0.05) is 5.54 Å². The minimum Gasteiger partial charge on any atom is -0.461 e. The largest absolute Gasteiger partial charge is 0.461 e. The summed E-state index contributed by atoms with van der Waals surface area (Å²) in [7, 11) is -1.87. The van der Waals surface area contributed by atoms with E-state index in [1.54, 1.807) is 0 Å². The number of hydrogen-bond acceptors (Lipinski definition) is 2. The smallest absolute Gasteiger partial charge is 0.313 e. The first kappa shape index (κ1) is 15.0. The van der Waals surface area contributed by atoms with Gasteiger partial charge in [0.2, 0.25) is 0 Å². The van der Waals surface area contributed by atoms with E-state index in [0.29, 0.717) is 0 Å². The van der Waals surface area contributed by atoms with Gasteiger partial charge in [-0.05, 0) is 12.5 Å². The molecule has 0 bridgehead atoms. The molecule has 22 heavy (non-hydrogen) atoms. The fourth-order valence-electron chi connectivity index (χ4n) is 3.64. The maximum absolute atomic E-state index is 12.1. The van der Waals surface area contributed by atoms with Crippen LogP contribution in [0.1, 0.15) is 18.0 Å². The van der Waals surface area contributed by atoms with Crippen LogP contribution < -0.4 is 5.19 Å². The van der Waals surface area contributed by atoms with Gasteiger partial charge in [0.1, 0.15) is 6.10 Å². The van der Waals surface area contributed by atoms with Crippen LogP contribution >= 0.6 is 0 Å². The molecule has 0 N–H and O–H groups in total. The van der Waals surface area contributed by atoms with Crippen LogP contribution in [0.2, 0.25) is 13.1 Å². The molecule has 2 aromatic rings. The van der Waals surface area contributed by atoms with Gasteiger partial charge >= 0.3 is 5.97 Å². The topological polar surface area (TPSA) is 26.3 Å². The molecule has 2 nitrogen and oxygen atoms in total. The molecule has 0 spiro atoms. The average Bonchev–Trinajstić information content (AvgIpc) is 2.54. The minimum absolute atomic E-state index is 0.00759. The molecule has 1 fully saturated rings. The van der Waals surface area contributed by atoms with Gasteiger partial charge in [-0.25, -0.2) is 0 Å². The first-order valence-corrected chi connectivity index (χ1v) is 10.9. The molecule has 1 heterocycles. The number of carbonyl (C=O) groups is 1. The van der Waals surface area contributed by atoms with Crippen molar-refractivity contribution < 1.29 is 9.53 Å². The van der Waals surface area contributed by atoms with Gasteiger partial charge in [0.05, 0.1) is 14.0 Å². The highest BCUT2D eigenvalue weighted by molar-refractivity contribution is 6.91. The van der Waals surface area contributed by atoms with Crippen molar-refractivity contribution in [3.05, 3.63) is 66.2 Å². The van der Waals surface area contributed by atoms with Crippen molar-refractivity contribution in [2.75, 3.05) is 0 Å². The minimum atomic E-state index is -1.87. The predicted molar refractivity (Wildman–Crippen MR) is 91.8 cm³/mol. The molecule has 0 unspecified atom stereocenters. The maximum atomic E-state index is 12.1. The molecule has 0 aromatic heterocycles. The van der Waals surface area contributed by atoms with Gasteiger partial charge in [0.25, 0.3) is 0 Å². The van der Waals surface area contributed by atoms with Crippen molar-refractivity contribution in [3.8, 4) is 0 Å². The van der Waals surface area contributed by atoms with Gasteiger partial charge in [-0.3, -0.25) is 4.79 Å². The number of hydrogen-bond donors (Lipinski definition) is 0. The van der Waals surface area contributed by atoms with Crippen LogP contribution in [0.25, 0.3) is 0 Å². The van der Waals surface area contributed by atoms with Crippen molar-refractivity contribution in [1.29, 1.82) is 0 Å². The van der Waals surface area contributed by atoms with Crippen molar-refractivity contribution in [1.82, 2.24) is 0 Å². The molecular formula is C19H22O2Si. The Morgan fingerprint density at radius 2 is 1.50 bits per heavy atom. The summed E-state index contributed by atoms with van der Waals surface area (Å²) in [4.78, 5) is 12.1. The highest BCUT2D eigenvalue weighted by atomic mass is 28.3. The van der Waals surface area contributed by atoms with E-state index in [-0.39, 0.29) is 23.5 Å². The summed E-state index contributed by atoms with van der Waals surface area (Å²) in [5.41, 5.74) is 1.50. The summed E-state index contributed by atoms with van der Waals surface area (Å²) in [6.07, 6.45) is 0.00759. The lowest BCUT2D eigenvalue weighted by atomic mass is 9.90. The zero-order valence-electron chi connectivity index (χ0n) is 13.3. The summed E-state index contributed by atoms with van der Waals surface area (Å²) < 4.78 is 5.27. The fraction of sp³-hybridized carbons (Fsp3) is 0.316. The van der Waals surface area contributed by atoms with Crippen LogP contribution in [-0.4, -0.2) is 20.1 Å². The SMILES string of the molecule is C[C@H]1OC(=O)[C@H]1[C@@H](c1ccccc1)[Si](C)(C)c1ccccc1. The Kier molecular flexibility index (Phi) is 3.91. The molecule has 0 radical (unpaired) electrons. The standard InChI is InChI=1S/C19H22O2Si/c1-14-17(19(20)21-14)18(15-10-6-4-7-11-15)22(2,3)16-12-8-5-9-13-16/h4-14,17-18H,1-3H3/t14-,17-,18-/m1/s1. The van der Waals surface area contributed by atoms with Crippen LogP contribution in [0.4, 0.5) is 0 Å². The second kappa shape index (κ2) is 5.73. The van der Waals surface area contributed by atoms with E-state index in [1.807, 2.05) is 19.1 Å². The molecule has 0 amide bonds. The van der Waals surface area contributed by atoms with Crippen molar-refractivity contribution in [2.45, 2.75) is 31.7 Å². The second-order valence-corrected chi connectivity index (χ2v) is 11.3. The Labute approximate surface area is 133 Å². The molecule has 1 aliphatic heterocycles. The van der Waals surface area contributed by atoms with Crippen LogP contribution in [0.5, 0.6) is 0 Å². The molecule has 3 heteroatoms. The lowest BCUT2D eigenvalue weighted by Gasteiger charge is -2.44. The number of esters is 1. The quantitative estimate of drug-likeness (QED) is 0.638. The maximum Gasteiger partial charge on any atom is 0.313 e. The highest BCUT2D eigenvalue weighted by Crippen LogP contribution is 2.41. The third-order valence-corrected chi connectivity index (χ3v) is 8.96. The first-order chi connectivity index (χ1) is 10.5. The molecule has 2 aromatic carbocycles. The molecule has 0 aliphatic carbocycles. The molecule has 114 valence electrons. The van der Waals surface area contributed by atoms with Crippen LogP contribution in [0.3, 0.4) is 0 Å². The van der Waals surface area contributed by atoms with Gasteiger partial charge in [0.15, 0.2) is 0 Å². The lowest BCUT2D eigenvalue weighted by molar-refractivity contribution is -0.182. The number of benzene rings is 2. The number of carbonyl (C=O) groups excluding carboxylic acids is 1. The molecule has 0 saturated carbocycles. The van der Waals surface area contributed by atoms with E-state index in [2.05, 4.69) is 61.6 Å². The summed E-state index contributed by atoms with van der Waals surface area (Å²) in [6, 6.07) is 21.1. The number of rotatable bonds is 4. The van der Waals surface area contributed by atoms with Crippen LogP contribution in [0.15, 0.2) is 60.7 Å². The van der Waals surface area contributed by atoms with E-state index in [1.165, 1.54) is 10.8 Å². The Morgan fingerprint density at radius 1 is 0.955 bits per heavy atom. The van der Waals surface area contributed by atoms with Gasteiger partial charge < -0.3 is 4.74 Å². The summed E-state index contributed by atoms with van der Waals surface area (Å²) in [6.45, 7) is 6.73. The normalized spacial score (nSPS) is 22.6. The molecule has 3 rings (SSSR count). The van der Waals surface area contributed by atoms with Crippen molar-refractivity contribution in [3.63, 3.8) is 0 Å². The zero-order chi connectivity index (χ0) is 15.7. The molecule has 3 atom stereocenters. The molecule has 1 saturated heterocycles. The summed E-state index contributed by atoms with van der Waals surface area (Å²) in [5.74, 6) is -0.0675. The van der Waals surface area contributed by atoms with Crippen molar-refractivity contribution >= 4 is 19.2 Å². The van der Waals surface area contributed by atoms with Crippen LogP contribution in [-0.2, 0) is 9.53 Å². The highest BCUT2D eigenvalue weighted by Gasteiger charge is 2.51. The van der Waals surface area contributed by atoms with E-state index in [4.69, 9.17) is 4.74 Å². The van der Waals surface area contributed by atoms with E-state index in [0.717, 1.165) is 0 Å². The van der Waals surface area contributed by atoms with E-state index in [9.17, 15) is 4.79 Å². The third kappa shape index (κ3) is 2.50. The molecular weight excluding hydrogens is 288 g/mol. The Hall–Kier alpha value is -1.87. The zero-order valence-corrected chi connectivity index (χ0v) is 14.3. The van der Waals surface area contributed by atoms with Crippen molar-refractivity contribution in [2.24, 2.45) is 5.92 Å². The monoisotopic (exact) mass is 310 g/mol. The van der Waals surface area contributed by atoms with Gasteiger partial charge in [-0.15, -0.1) is 0 Å². The summed E-state index contributed by atoms with van der Waals surface area (Å²) in [5, 5.41) is 1.38. The third-order valence-electron chi connectivity index (χ3n) is 4.89. The van der Waals surface area contributed by atoms with E-state index >= 15 is 0 Å². The Balaban J connectivity index is 2.08. The Bertz CT molecular complexity index is 652. The Morgan fingerprint density at radius 3 is 2.00 bits per heavy atom. The lowest BCUT2D eigenvalue weighted by Crippen LogP contribution is -2.58. The van der Waals surface area contributed by atoms with Gasteiger partial charge in [-0.1, -0.05) is 78.9 Å². The fourth-order valence-corrected chi connectivity index (χ4v) is 7.38. The number of cyclic esters (lactones) is 1. The van der Waals surface area contributed by atoms with Crippen LogP contribution in [0, 0.1) is 5.92 Å². The van der Waals surface area contributed by atoms with Gasteiger partial charge in [-0.2, -0.15) is 0 Å². The average molecular weight is 310 g/mol. The summed E-state index contributed by atoms with van der Waals surface area (Å²) >= 11 is 0. The predicted octanol–water partition coefficient (Wildman–Crippen LogP) is 3.49. The molecule has 1 aliphatic rings. The first-order valence-electron chi connectivity index (χ1n) is 7.83. The second-order valence-electron chi connectivity index (χ2n) is 6.64. The number of ether oxygens (including phenoxy) is 1.